The molecule has 0 spiro atoms. The molecule has 0 saturated carbocycles. The number of aliphatic hydroxyl groups is 1. The van der Waals surface area contributed by atoms with Gasteiger partial charge in [-0.3, -0.25) is 9.59 Å². The standard InChI is InChI=1S/C23H18O9.Na/c1-12-8-14(25)21-16(4-2-6-18(21)31-12)29-10-13(24)11-30-17-5-3-7-19-22(17)15(26)9-20(32-19)23(27)28;/h2-9,13,24H,10-11H2,1H3,(H,27,28);/q;+1/p-1. The number of benzene rings is 2. The predicted octanol–water partition coefficient (Wildman–Crippen LogP) is -1.61. The van der Waals surface area contributed by atoms with Crippen LogP contribution in [0.25, 0.3) is 21.9 Å². The quantitative estimate of drug-likeness (QED) is 0.323. The van der Waals surface area contributed by atoms with Gasteiger partial charge in [0.2, 0.25) is 0 Å². The zero-order chi connectivity index (χ0) is 22.8. The molecule has 0 amide bonds. The van der Waals surface area contributed by atoms with Gasteiger partial charge in [-0.25, -0.2) is 0 Å². The molecule has 0 aliphatic rings. The van der Waals surface area contributed by atoms with Crippen LogP contribution in [0, 0.1) is 6.92 Å². The fraction of sp³-hybridized carbons (Fsp3) is 0.174. The molecule has 9 nitrogen and oxygen atoms in total. The van der Waals surface area contributed by atoms with E-state index in [2.05, 4.69) is 0 Å². The van der Waals surface area contributed by atoms with Gasteiger partial charge < -0.3 is 33.3 Å². The van der Waals surface area contributed by atoms with Crippen LogP contribution in [0.3, 0.4) is 0 Å². The number of carboxylic acids is 1. The predicted molar refractivity (Wildman–Crippen MR) is 111 cm³/mol. The van der Waals surface area contributed by atoms with E-state index in [1.807, 2.05) is 0 Å². The maximum atomic E-state index is 12.3. The first-order chi connectivity index (χ1) is 15.3. The fourth-order valence-electron chi connectivity index (χ4n) is 3.24. The largest absolute Gasteiger partial charge is 1.00 e. The molecule has 4 rings (SSSR count). The van der Waals surface area contributed by atoms with Gasteiger partial charge in [-0.15, -0.1) is 0 Å². The molecule has 2 aromatic carbocycles. The second-order valence-corrected chi connectivity index (χ2v) is 7.02. The molecule has 2 aromatic heterocycles. The molecule has 4 aromatic rings. The second kappa shape index (κ2) is 10.2. The number of aromatic carboxylic acids is 1. The molecule has 0 fully saturated rings. The Morgan fingerprint density at radius 2 is 1.45 bits per heavy atom. The fourth-order valence-corrected chi connectivity index (χ4v) is 3.24. The number of hydrogen-bond acceptors (Lipinski definition) is 9. The maximum Gasteiger partial charge on any atom is 1.00 e. The van der Waals surface area contributed by atoms with Gasteiger partial charge in [0, 0.05) is 12.1 Å². The SMILES string of the molecule is Cc1cc(=O)c2c(OCC(O)COc3cccc4oc(C(=O)[O-])cc(=O)c34)cccc2o1.[Na+]. The molecule has 1 atom stereocenters. The van der Waals surface area contributed by atoms with Crippen LogP contribution in [-0.4, -0.2) is 30.4 Å². The molecule has 164 valence electrons. The monoisotopic (exact) mass is 460 g/mol. The van der Waals surface area contributed by atoms with Gasteiger partial charge in [-0.2, -0.15) is 0 Å². The summed E-state index contributed by atoms with van der Waals surface area (Å²) < 4.78 is 21.8. The van der Waals surface area contributed by atoms with Crippen LogP contribution < -0.4 is 55.0 Å². The Kier molecular flexibility index (Phi) is 7.60. The molecule has 1 N–H and O–H groups in total. The van der Waals surface area contributed by atoms with E-state index in [0.29, 0.717) is 11.3 Å². The molecule has 33 heavy (non-hydrogen) atoms. The number of carbonyl (C=O) groups excluding carboxylic acids is 1. The van der Waals surface area contributed by atoms with Gasteiger partial charge >= 0.3 is 29.6 Å². The minimum atomic E-state index is -1.61. The number of carbonyl (C=O) groups is 1. The smallest absolute Gasteiger partial charge is 0.542 e. The number of aliphatic hydroxyl groups excluding tert-OH is 1. The number of fused-ring (bicyclic) bond motifs is 2. The molecule has 10 heteroatoms. The summed E-state index contributed by atoms with van der Waals surface area (Å²) in [7, 11) is 0. The Morgan fingerprint density at radius 3 is 2.00 bits per heavy atom. The van der Waals surface area contributed by atoms with Crippen molar-refractivity contribution in [2.24, 2.45) is 0 Å². The molecule has 0 aliphatic carbocycles. The van der Waals surface area contributed by atoms with Gasteiger partial charge in [0.1, 0.15) is 64.5 Å². The van der Waals surface area contributed by atoms with E-state index < -0.39 is 23.3 Å². The van der Waals surface area contributed by atoms with Gasteiger partial charge in [0.15, 0.2) is 16.6 Å². The summed E-state index contributed by atoms with van der Waals surface area (Å²) in [6, 6.07) is 11.5. The van der Waals surface area contributed by atoms with Crippen molar-refractivity contribution in [2.75, 3.05) is 13.2 Å². The van der Waals surface area contributed by atoms with Crippen molar-refractivity contribution < 1.29 is 62.9 Å². The first-order valence-electron chi connectivity index (χ1n) is 9.59. The first-order valence-corrected chi connectivity index (χ1v) is 9.59. The number of carboxylic acid groups (broad SMARTS) is 1. The van der Waals surface area contributed by atoms with E-state index in [1.165, 1.54) is 24.3 Å². The van der Waals surface area contributed by atoms with Gasteiger partial charge in [0.25, 0.3) is 0 Å². The summed E-state index contributed by atoms with van der Waals surface area (Å²) in [5.41, 5.74) is -0.498. The van der Waals surface area contributed by atoms with Gasteiger partial charge in [-0.05, 0) is 31.2 Å². The van der Waals surface area contributed by atoms with Crippen molar-refractivity contribution in [3.8, 4) is 11.5 Å². The van der Waals surface area contributed by atoms with Crippen LogP contribution in [0.2, 0.25) is 0 Å². The van der Waals surface area contributed by atoms with Crippen LogP contribution in [0.4, 0.5) is 0 Å². The third kappa shape index (κ3) is 5.28. The van der Waals surface area contributed by atoms with E-state index in [-0.39, 0.29) is 76.1 Å². The van der Waals surface area contributed by atoms with Crippen LogP contribution in [0.5, 0.6) is 11.5 Å². The van der Waals surface area contributed by atoms with Gasteiger partial charge in [0.05, 0.1) is 0 Å². The average Bonchev–Trinajstić information content (AvgIpc) is 2.75. The molecule has 0 bridgehead atoms. The molecule has 0 radical (unpaired) electrons. The van der Waals surface area contributed by atoms with E-state index in [9.17, 15) is 24.6 Å². The summed E-state index contributed by atoms with van der Waals surface area (Å²) in [4.78, 5) is 35.6. The van der Waals surface area contributed by atoms with Crippen LogP contribution in [0.15, 0.2) is 67.0 Å². The molecule has 0 saturated heterocycles. The minimum absolute atomic E-state index is 0. The average molecular weight is 460 g/mol. The number of ether oxygens (including phenoxy) is 2. The Morgan fingerprint density at radius 1 is 0.939 bits per heavy atom. The topological polar surface area (TPSA) is 139 Å². The second-order valence-electron chi connectivity index (χ2n) is 7.02. The number of hydrogen-bond donors (Lipinski definition) is 1. The molecular weight excluding hydrogens is 443 g/mol. The Bertz CT molecular complexity index is 1440. The van der Waals surface area contributed by atoms with E-state index in [1.54, 1.807) is 25.1 Å². The van der Waals surface area contributed by atoms with Gasteiger partial charge in [-0.1, -0.05) is 12.1 Å². The van der Waals surface area contributed by atoms with E-state index in [0.717, 1.165) is 6.07 Å². The number of aryl methyl sites for hydroxylation is 1. The third-order valence-corrected chi connectivity index (χ3v) is 4.62. The maximum absolute atomic E-state index is 12.3. The Balaban J connectivity index is 0.00000306. The van der Waals surface area contributed by atoms with E-state index >= 15 is 0 Å². The van der Waals surface area contributed by atoms with Crippen molar-refractivity contribution in [2.45, 2.75) is 13.0 Å². The third-order valence-electron chi connectivity index (χ3n) is 4.62. The van der Waals surface area contributed by atoms with Crippen molar-refractivity contribution in [1.29, 1.82) is 0 Å². The minimum Gasteiger partial charge on any atom is -0.542 e. The van der Waals surface area contributed by atoms with Crippen molar-refractivity contribution >= 4 is 27.9 Å². The first kappa shape index (κ1) is 24.5. The Hall–Kier alpha value is -3.11. The van der Waals surface area contributed by atoms with Crippen LogP contribution >= 0.6 is 0 Å². The Labute approximate surface area is 208 Å². The number of rotatable bonds is 7. The van der Waals surface area contributed by atoms with E-state index in [4.69, 9.17) is 18.3 Å². The summed E-state index contributed by atoms with van der Waals surface area (Å²) in [6.07, 6.45) is -1.10. The molecule has 2 heterocycles. The summed E-state index contributed by atoms with van der Waals surface area (Å²) in [5.74, 6) is -1.36. The zero-order valence-electron chi connectivity index (χ0n) is 17.8. The van der Waals surface area contributed by atoms with Crippen LogP contribution in [-0.2, 0) is 0 Å². The normalized spacial score (nSPS) is 11.7. The summed E-state index contributed by atoms with van der Waals surface area (Å²) in [6.45, 7) is 1.24. The summed E-state index contributed by atoms with van der Waals surface area (Å²) >= 11 is 0. The van der Waals surface area contributed by atoms with Crippen molar-refractivity contribution in [1.82, 2.24) is 0 Å². The molecule has 0 aliphatic heterocycles. The zero-order valence-corrected chi connectivity index (χ0v) is 19.8. The van der Waals surface area contributed by atoms with Crippen LogP contribution in [0.1, 0.15) is 16.3 Å². The molecular formula is C23H17NaO9. The molecule has 1 unspecified atom stereocenters. The van der Waals surface area contributed by atoms with Crippen molar-refractivity contribution in [3.63, 3.8) is 0 Å². The van der Waals surface area contributed by atoms with Crippen molar-refractivity contribution in [3.05, 3.63) is 80.5 Å². The summed E-state index contributed by atoms with van der Waals surface area (Å²) in [5, 5.41) is 21.5.